The van der Waals surface area contributed by atoms with Crippen LogP contribution in [0.25, 0.3) is 0 Å². The largest absolute Gasteiger partial charge is 0.370 e. The molecular weight excluding hydrogens is 345 g/mol. The summed E-state index contributed by atoms with van der Waals surface area (Å²) in [5.41, 5.74) is 5.74. The molecular formula is C8H15BrIN3. The Balaban J connectivity index is 0.00000144. The van der Waals surface area contributed by atoms with Crippen LogP contribution in [0, 0.1) is 0 Å². The lowest BCUT2D eigenvalue weighted by Gasteiger charge is -2.15. The maximum absolute atomic E-state index is 5.74. The molecule has 1 saturated heterocycles. The van der Waals surface area contributed by atoms with Crippen LogP contribution >= 0.6 is 39.9 Å². The average Bonchev–Trinajstić information content (AvgIpc) is 2.51. The highest BCUT2D eigenvalue weighted by atomic mass is 127. The average molecular weight is 360 g/mol. The molecule has 0 saturated carbocycles. The van der Waals surface area contributed by atoms with Crippen molar-refractivity contribution in [3.05, 3.63) is 11.1 Å². The van der Waals surface area contributed by atoms with Crippen molar-refractivity contribution < 1.29 is 0 Å². The Labute approximate surface area is 105 Å². The van der Waals surface area contributed by atoms with Gasteiger partial charge in [0.25, 0.3) is 0 Å². The lowest BCUT2D eigenvalue weighted by atomic mass is 10.4. The fourth-order valence-electron chi connectivity index (χ4n) is 1.21. The smallest absolute Gasteiger partial charge is 0.191 e. The first kappa shape index (κ1) is 13.2. The van der Waals surface area contributed by atoms with Crippen LogP contribution in [0.4, 0.5) is 0 Å². The molecule has 0 aromatic rings. The van der Waals surface area contributed by atoms with Crippen LogP contribution in [-0.4, -0.2) is 30.5 Å². The van der Waals surface area contributed by atoms with Crippen LogP contribution in [-0.2, 0) is 0 Å². The van der Waals surface area contributed by atoms with Gasteiger partial charge in [-0.2, -0.15) is 0 Å². The molecule has 0 bridgehead atoms. The Bertz CT molecular complexity index is 200. The molecule has 1 aliphatic heterocycles. The molecule has 0 atom stereocenters. The standard InChI is InChI=1S/C8H14BrN3.HI/c1-7(9)6-11-8(10)12-4-2-3-5-12;/h1-6H2,(H2,10,11);1H. The van der Waals surface area contributed by atoms with E-state index >= 15 is 0 Å². The second-order valence-corrected chi connectivity index (χ2v) is 4.01. The molecule has 1 heterocycles. The zero-order chi connectivity index (χ0) is 8.97. The van der Waals surface area contributed by atoms with E-state index in [1.165, 1.54) is 12.8 Å². The van der Waals surface area contributed by atoms with Crippen molar-refractivity contribution in [3.8, 4) is 0 Å². The fraction of sp³-hybridized carbons (Fsp3) is 0.625. The third-order valence-electron chi connectivity index (χ3n) is 1.84. The van der Waals surface area contributed by atoms with Crippen molar-refractivity contribution in [2.24, 2.45) is 10.7 Å². The third kappa shape index (κ3) is 4.85. The van der Waals surface area contributed by atoms with E-state index in [2.05, 4.69) is 32.4 Å². The highest BCUT2D eigenvalue weighted by Crippen LogP contribution is 2.07. The van der Waals surface area contributed by atoms with Gasteiger partial charge in [0.05, 0.1) is 6.54 Å². The minimum absolute atomic E-state index is 0. The summed E-state index contributed by atoms with van der Waals surface area (Å²) in [4.78, 5) is 6.29. The van der Waals surface area contributed by atoms with Crippen LogP contribution in [0.5, 0.6) is 0 Å². The molecule has 2 N–H and O–H groups in total. The second kappa shape index (κ2) is 6.64. The Morgan fingerprint density at radius 3 is 2.46 bits per heavy atom. The minimum atomic E-state index is 0. The lowest BCUT2D eigenvalue weighted by molar-refractivity contribution is 0.511. The number of halogens is 2. The van der Waals surface area contributed by atoms with Gasteiger partial charge in [0.1, 0.15) is 0 Å². The van der Waals surface area contributed by atoms with Gasteiger partial charge in [0, 0.05) is 17.6 Å². The van der Waals surface area contributed by atoms with E-state index in [0.29, 0.717) is 12.5 Å². The van der Waals surface area contributed by atoms with Crippen LogP contribution in [0.2, 0.25) is 0 Å². The normalized spacial score (nSPS) is 17.0. The van der Waals surface area contributed by atoms with Crippen molar-refractivity contribution in [3.63, 3.8) is 0 Å². The van der Waals surface area contributed by atoms with Crippen molar-refractivity contribution in [1.82, 2.24) is 4.90 Å². The number of hydrogen-bond acceptors (Lipinski definition) is 1. The Morgan fingerprint density at radius 2 is 2.00 bits per heavy atom. The van der Waals surface area contributed by atoms with E-state index in [1.54, 1.807) is 0 Å². The van der Waals surface area contributed by atoms with E-state index in [0.717, 1.165) is 17.6 Å². The summed E-state index contributed by atoms with van der Waals surface area (Å²) in [7, 11) is 0. The maximum Gasteiger partial charge on any atom is 0.191 e. The molecule has 76 valence electrons. The van der Waals surface area contributed by atoms with Gasteiger partial charge in [-0.15, -0.1) is 24.0 Å². The van der Waals surface area contributed by atoms with Crippen molar-refractivity contribution in [2.75, 3.05) is 19.6 Å². The van der Waals surface area contributed by atoms with Gasteiger partial charge in [0.15, 0.2) is 5.96 Å². The summed E-state index contributed by atoms with van der Waals surface area (Å²) < 4.78 is 0.865. The highest BCUT2D eigenvalue weighted by Gasteiger charge is 2.12. The summed E-state index contributed by atoms with van der Waals surface area (Å²) in [5, 5.41) is 0. The molecule has 13 heavy (non-hydrogen) atoms. The van der Waals surface area contributed by atoms with Crippen LogP contribution in [0.15, 0.2) is 16.1 Å². The molecule has 0 amide bonds. The zero-order valence-electron chi connectivity index (χ0n) is 7.50. The first-order valence-electron chi connectivity index (χ1n) is 4.08. The van der Waals surface area contributed by atoms with E-state index in [1.807, 2.05) is 0 Å². The number of nitrogens with two attached hydrogens (primary N) is 1. The summed E-state index contributed by atoms with van der Waals surface area (Å²) in [6, 6.07) is 0. The van der Waals surface area contributed by atoms with Gasteiger partial charge in [0.2, 0.25) is 0 Å². The Morgan fingerprint density at radius 1 is 1.46 bits per heavy atom. The molecule has 0 radical (unpaired) electrons. The monoisotopic (exact) mass is 359 g/mol. The van der Waals surface area contributed by atoms with Crippen molar-refractivity contribution in [2.45, 2.75) is 12.8 Å². The van der Waals surface area contributed by atoms with Crippen molar-refractivity contribution in [1.29, 1.82) is 0 Å². The van der Waals surface area contributed by atoms with Gasteiger partial charge in [-0.1, -0.05) is 22.5 Å². The van der Waals surface area contributed by atoms with Gasteiger partial charge in [-0.25, -0.2) is 4.99 Å². The zero-order valence-corrected chi connectivity index (χ0v) is 11.4. The van der Waals surface area contributed by atoms with Crippen molar-refractivity contribution >= 4 is 45.9 Å². The SMILES string of the molecule is C=C(Br)CN=C(N)N1CCCC1.I. The van der Waals surface area contributed by atoms with E-state index < -0.39 is 0 Å². The van der Waals surface area contributed by atoms with E-state index in [4.69, 9.17) is 5.73 Å². The Hall–Kier alpha value is 0.220. The predicted octanol–water partition coefficient (Wildman–Crippen LogP) is 1.92. The topological polar surface area (TPSA) is 41.6 Å². The summed E-state index contributed by atoms with van der Waals surface area (Å²) in [6.45, 7) is 6.35. The first-order chi connectivity index (χ1) is 5.70. The highest BCUT2D eigenvalue weighted by molar-refractivity contribution is 14.0. The third-order valence-corrected chi connectivity index (χ3v) is 2.09. The molecule has 0 aromatic carbocycles. The molecule has 1 fully saturated rings. The number of hydrogen-bond donors (Lipinski definition) is 1. The maximum atomic E-state index is 5.74. The molecule has 0 aromatic heterocycles. The van der Waals surface area contributed by atoms with Crippen LogP contribution in [0.1, 0.15) is 12.8 Å². The molecule has 5 heteroatoms. The molecule has 1 aliphatic rings. The second-order valence-electron chi connectivity index (χ2n) is 2.89. The number of nitrogens with zero attached hydrogens (tertiary/aromatic N) is 2. The summed E-state index contributed by atoms with van der Waals surface area (Å²) in [6.07, 6.45) is 2.46. The van der Waals surface area contributed by atoms with Crippen LogP contribution in [0.3, 0.4) is 0 Å². The number of guanidine groups is 1. The van der Waals surface area contributed by atoms with Gasteiger partial charge in [-0.3, -0.25) is 0 Å². The van der Waals surface area contributed by atoms with Crippen LogP contribution < -0.4 is 5.73 Å². The molecule has 0 aliphatic carbocycles. The fourth-order valence-corrected chi connectivity index (χ4v) is 1.34. The summed E-state index contributed by atoms with van der Waals surface area (Å²) >= 11 is 3.24. The number of aliphatic imine (C=N–C) groups is 1. The summed E-state index contributed by atoms with van der Waals surface area (Å²) in [5.74, 6) is 0.646. The quantitative estimate of drug-likeness (QED) is 0.465. The molecule has 3 nitrogen and oxygen atoms in total. The van der Waals surface area contributed by atoms with Gasteiger partial charge < -0.3 is 10.6 Å². The number of rotatable bonds is 2. The molecule has 1 rings (SSSR count). The lowest BCUT2D eigenvalue weighted by Crippen LogP contribution is -2.34. The number of likely N-dealkylation sites (tertiary alicyclic amines) is 1. The van der Waals surface area contributed by atoms with Gasteiger partial charge in [-0.05, 0) is 12.8 Å². The Kier molecular flexibility index (Phi) is 6.75. The van der Waals surface area contributed by atoms with E-state index in [-0.39, 0.29) is 24.0 Å². The van der Waals surface area contributed by atoms with E-state index in [9.17, 15) is 0 Å². The molecule has 0 spiro atoms. The van der Waals surface area contributed by atoms with Gasteiger partial charge >= 0.3 is 0 Å². The first-order valence-corrected chi connectivity index (χ1v) is 4.87. The molecule has 0 unspecified atom stereocenters. The minimum Gasteiger partial charge on any atom is -0.370 e. The predicted molar refractivity (Wildman–Crippen MR) is 70.8 cm³/mol.